The van der Waals surface area contributed by atoms with Crippen LogP contribution in [0.5, 0.6) is 0 Å². The third-order valence-electron chi connectivity index (χ3n) is 2.61. The lowest BCUT2D eigenvalue weighted by Gasteiger charge is -2.07. The Bertz CT molecular complexity index is 874. The Labute approximate surface area is 116 Å². The van der Waals surface area contributed by atoms with Crippen LogP contribution >= 0.6 is 0 Å². The van der Waals surface area contributed by atoms with Crippen LogP contribution in [0.25, 0.3) is 10.8 Å². The monoisotopic (exact) mass is 287 g/mol. The van der Waals surface area contributed by atoms with Crippen LogP contribution < -0.4 is 21.8 Å². The molecule has 21 heavy (non-hydrogen) atoms. The number of benzene rings is 1. The maximum Gasteiger partial charge on any atom is 0.313 e. The molecule has 0 bridgehead atoms. The van der Waals surface area contributed by atoms with Crippen molar-refractivity contribution in [2.75, 3.05) is 11.9 Å². The minimum absolute atomic E-state index is 0.0250. The number of aromatic nitrogens is 2. The van der Waals surface area contributed by atoms with E-state index in [4.69, 9.17) is 5.26 Å². The number of fused-ring (bicyclic) bond motifs is 1. The molecule has 9 nitrogen and oxygen atoms in total. The van der Waals surface area contributed by atoms with Crippen LogP contribution in [0.4, 0.5) is 5.69 Å². The summed E-state index contributed by atoms with van der Waals surface area (Å²) >= 11 is 0. The van der Waals surface area contributed by atoms with Crippen molar-refractivity contribution in [3.63, 3.8) is 0 Å². The summed E-state index contributed by atoms with van der Waals surface area (Å²) in [4.78, 5) is 46.3. The molecule has 1 aromatic heterocycles. The zero-order chi connectivity index (χ0) is 15.4. The number of hydrogen-bond acceptors (Lipinski definition) is 5. The summed E-state index contributed by atoms with van der Waals surface area (Å²) in [5, 5.41) is 16.9. The molecular formula is C12H9N5O4. The molecule has 0 unspecified atom stereocenters. The molecule has 0 atom stereocenters. The average Bonchev–Trinajstić information content (AvgIpc) is 2.48. The first-order valence-electron chi connectivity index (χ1n) is 5.74. The van der Waals surface area contributed by atoms with Crippen molar-refractivity contribution in [2.45, 2.75) is 0 Å². The number of carbonyl (C=O) groups excluding carboxylic acids is 2. The topological polar surface area (TPSA) is 148 Å². The van der Waals surface area contributed by atoms with E-state index in [0.29, 0.717) is 0 Å². The molecule has 0 aliphatic carbocycles. The average molecular weight is 287 g/mol. The van der Waals surface area contributed by atoms with Gasteiger partial charge in [0.15, 0.2) is 0 Å². The Kier molecular flexibility index (Phi) is 3.80. The Hall–Kier alpha value is -3.41. The standard InChI is InChI=1S/C12H9N5O4/c13-4-5-14-11(20)12(21)15-7-3-1-2-6-8(7)10(19)17-16-9(6)18/h1-3H,5H2,(H,14,20)(H,15,21)(H,16,18)(H,17,19). The molecule has 0 radical (unpaired) electrons. The first kappa shape index (κ1) is 14.0. The van der Waals surface area contributed by atoms with E-state index in [9.17, 15) is 19.2 Å². The van der Waals surface area contributed by atoms with Gasteiger partial charge in [0.1, 0.15) is 6.54 Å². The maximum absolute atomic E-state index is 11.8. The molecule has 0 aliphatic heterocycles. The number of nitriles is 1. The second-order valence-corrected chi connectivity index (χ2v) is 3.93. The first-order chi connectivity index (χ1) is 10.0. The van der Waals surface area contributed by atoms with Crippen LogP contribution in [0.2, 0.25) is 0 Å². The van der Waals surface area contributed by atoms with Gasteiger partial charge >= 0.3 is 11.8 Å². The smallest absolute Gasteiger partial charge is 0.313 e. The van der Waals surface area contributed by atoms with Gasteiger partial charge in [0.25, 0.3) is 11.1 Å². The van der Waals surface area contributed by atoms with Crippen molar-refractivity contribution in [3.05, 3.63) is 38.9 Å². The van der Waals surface area contributed by atoms with Gasteiger partial charge in [-0.1, -0.05) is 6.07 Å². The van der Waals surface area contributed by atoms with Gasteiger partial charge in [-0.25, -0.2) is 0 Å². The highest BCUT2D eigenvalue weighted by Crippen LogP contribution is 2.16. The Balaban J connectivity index is 2.40. The quantitative estimate of drug-likeness (QED) is 0.404. The number of rotatable bonds is 2. The number of aromatic amines is 2. The summed E-state index contributed by atoms with van der Waals surface area (Å²) in [5.41, 5.74) is -1.12. The Morgan fingerprint density at radius 3 is 2.57 bits per heavy atom. The highest BCUT2D eigenvalue weighted by molar-refractivity contribution is 6.40. The summed E-state index contributed by atoms with van der Waals surface area (Å²) < 4.78 is 0. The van der Waals surface area contributed by atoms with Gasteiger partial charge in [0.05, 0.1) is 22.5 Å². The zero-order valence-corrected chi connectivity index (χ0v) is 10.5. The van der Waals surface area contributed by atoms with Gasteiger partial charge in [0.2, 0.25) is 0 Å². The van der Waals surface area contributed by atoms with E-state index in [1.165, 1.54) is 18.2 Å². The van der Waals surface area contributed by atoms with Gasteiger partial charge in [-0.05, 0) is 12.1 Å². The highest BCUT2D eigenvalue weighted by Gasteiger charge is 2.16. The number of anilines is 1. The van der Waals surface area contributed by atoms with Gasteiger partial charge < -0.3 is 10.6 Å². The second kappa shape index (κ2) is 5.70. The van der Waals surface area contributed by atoms with E-state index < -0.39 is 22.9 Å². The van der Waals surface area contributed by atoms with Crippen molar-refractivity contribution >= 4 is 28.3 Å². The molecule has 9 heteroatoms. The van der Waals surface area contributed by atoms with Crippen LogP contribution in [0.15, 0.2) is 27.8 Å². The summed E-state index contributed by atoms with van der Waals surface area (Å²) in [6.45, 7) is -0.317. The molecule has 0 aliphatic rings. The van der Waals surface area contributed by atoms with Gasteiger partial charge in [0, 0.05) is 0 Å². The molecule has 0 saturated carbocycles. The van der Waals surface area contributed by atoms with Crippen molar-refractivity contribution in [1.82, 2.24) is 15.5 Å². The number of amides is 2. The van der Waals surface area contributed by atoms with E-state index in [0.717, 1.165) is 0 Å². The van der Waals surface area contributed by atoms with Crippen LogP contribution in [-0.2, 0) is 9.59 Å². The number of hydrogen-bond donors (Lipinski definition) is 4. The minimum Gasteiger partial charge on any atom is -0.335 e. The predicted octanol–water partition coefficient (Wildman–Crippen LogP) is -1.21. The lowest BCUT2D eigenvalue weighted by molar-refractivity contribution is -0.136. The fourth-order valence-electron chi connectivity index (χ4n) is 1.71. The molecule has 2 amide bonds. The predicted molar refractivity (Wildman–Crippen MR) is 72.4 cm³/mol. The van der Waals surface area contributed by atoms with Gasteiger partial charge in [-0.2, -0.15) is 5.26 Å². The van der Waals surface area contributed by atoms with Gasteiger partial charge in [-0.3, -0.25) is 29.4 Å². The fraction of sp³-hybridized carbons (Fsp3) is 0.0833. The van der Waals surface area contributed by atoms with E-state index >= 15 is 0 Å². The van der Waals surface area contributed by atoms with Crippen molar-refractivity contribution in [2.24, 2.45) is 0 Å². The Morgan fingerprint density at radius 2 is 1.86 bits per heavy atom. The number of nitrogens with one attached hydrogen (secondary N) is 4. The van der Waals surface area contributed by atoms with E-state index in [1.807, 2.05) is 0 Å². The zero-order valence-electron chi connectivity index (χ0n) is 10.5. The molecule has 1 aromatic carbocycles. The molecule has 2 rings (SSSR count). The molecule has 0 fully saturated rings. The summed E-state index contributed by atoms with van der Waals surface area (Å²) in [6.07, 6.45) is 0. The van der Waals surface area contributed by atoms with Crippen LogP contribution in [-0.4, -0.2) is 28.6 Å². The third-order valence-corrected chi connectivity index (χ3v) is 2.61. The number of H-pyrrole nitrogens is 2. The molecule has 0 saturated heterocycles. The summed E-state index contributed by atoms with van der Waals surface area (Å²) in [5.74, 6) is -2.06. The lowest BCUT2D eigenvalue weighted by atomic mass is 10.1. The van der Waals surface area contributed by atoms with Gasteiger partial charge in [-0.15, -0.1) is 0 Å². The molecule has 2 aromatic rings. The molecule has 4 N–H and O–H groups in total. The van der Waals surface area contributed by atoms with Crippen LogP contribution in [0.3, 0.4) is 0 Å². The number of carbonyl (C=O) groups is 2. The molecule has 106 valence electrons. The van der Waals surface area contributed by atoms with Crippen LogP contribution in [0, 0.1) is 11.3 Å². The lowest BCUT2D eigenvalue weighted by Crippen LogP contribution is -2.35. The van der Waals surface area contributed by atoms with E-state index in [1.54, 1.807) is 6.07 Å². The maximum atomic E-state index is 11.8. The van der Waals surface area contributed by atoms with E-state index in [2.05, 4.69) is 20.8 Å². The van der Waals surface area contributed by atoms with Crippen molar-refractivity contribution < 1.29 is 9.59 Å². The van der Waals surface area contributed by atoms with E-state index in [-0.39, 0.29) is 23.0 Å². The SMILES string of the molecule is N#CCNC(=O)C(=O)Nc1cccc2c(=O)[nH][nH]c(=O)c12. The third kappa shape index (κ3) is 2.79. The highest BCUT2D eigenvalue weighted by atomic mass is 16.2. The van der Waals surface area contributed by atoms with Crippen molar-refractivity contribution in [1.29, 1.82) is 5.26 Å². The summed E-state index contributed by atoms with van der Waals surface area (Å²) in [6, 6.07) is 5.90. The Morgan fingerprint density at radius 1 is 1.14 bits per heavy atom. The largest absolute Gasteiger partial charge is 0.335 e. The molecular weight excluding hydrogens is 278 g/mol. The van der Waals surface area contributed by atoms with Crippen LogP contribution in [0.1, 0.15) is 0 Å². The summed E-state index contributed by atoms with van der Waals surface area (Å²) in [7, 11) is 0. The molecule has 0 spiro atoms. The number of nitrogens with zero attached hydrogens (tertiary/aromatic N) is 1. The first-order valence-corrected chi connectivity index (χ1v) is 5.74. The molecule has 1 heterocycles. The normalized spacial score (nSPS) is 9.86. The van der Waals surface area contributed by atoms with Crippen molar-refractivity contribution in [3.8, 4) is 6.07 Å². The minimum atomic E-state index is -1.04. The fourth-order valence-corrected chi connectivity index (χ4v) is 1.71. The second-order valence-electron chi connectivity index (χ2n) is 3.93.